The molecule has 2 aromatic rings. The minimum Gasteiger partial charge on any atom is -0.349 e. The predicted octanol–water partition coefficient (Wildman–Crippen LogP) is 3.05. The number of amides is 1. The second-order valence-corrected chi connectivity index (χ2v) is 6.17. The summed E-state index contributed by atoms with van der Waals surface area (Å²) >= 11 is 1.70. The van der Waals surface area contributed by atoms with Crippen molar-refractivity contribution in [3.63, 3.8) is 0 Å². The molecule has 1 aliphatic heterocycles. The van der Waals surface area contributed by atoms with Crippen molar-refractivity contribution in [2.75, 3.05) is 13.1 Å². The first-order valence-corrected chi connectivity index (χ1v) is 7.61. The first-order valence-electron chi connectivity index (χ1n) is 6.73. The molecule has 3 nitrogen and oxygen atoms in total. The molecule has 1 saturated heterocycles. The fraction of sp³-hybridized carbons (Fsp3) is 0.400. The summed E-state index contributed by atoms with van der Waals surface area (Å²) in [6.45, 7) is 4.15. The average molecular weight is 311 g/mol. The molecular formula is C15H19ClN2OS. The zero-order valence-corrected chi connectivity index (χ0v) is 13.0. The SMILES string of the molecule is CC1CNCCC1NC(=O)c1ccc2sccc2c1.Cl. The van der Waals surface area contributed by atoms with E-state index in [1.807, 2.05) is 18.2 Å². The molecule has 20 heavy (non-hydrogen) atoms. The lowest BCUT2D eigenvalue weighted by Gasteiger charge is -2.30. The number of thiophene rings is 1. The van der Waals surface area contributed by atoms with Crippen LogP contribution < -0.4 is 10.6 Å². The van der Waals surface area contributed by atoms with Crippen molar-refractivity contribution in [3.8, 4) is 0 Å². The zero-order valence-electron chi connectivity index (χ0n) is 11.4. The van der Waals surface area contributed by atoms with Gasteiger partial charge < -0.3 is 10.6 Å². The van der Waals surface area contributed by atoms with Crippen molar-refractivity contribution in [3.05, 3.63) is 35.2 Å². The first-order chi connectivity index (χ1) is 9.24. The van der Waals surface area contributed by atoms with Gasteiger partial charge in [0.25, 0.3) is 5.91 Å². The Morgan fingerprint density at radius 2 is 2.25 bits per heavy atom. The van der Waals surface area contributed by atoms with Gasteiger partial charge in [-0.25, -0.2) is 0 Å². The van der Waals surface area contributed by atoms with E-state index in [-0.39, 0.29) is 24.4 Å². The molecule has 2 heterocycles. The van der Waals surface area contributed by atoms with E-state index in [0.717, 1.165) is 30.5 Å². The number of rotatable bonds is 2. The van der Waals surface area contributed by atoms with Crippen LogP contribution in [-0.4, -0.2) is 25.0 Å². The summed E-state index contributed by atoms with van der Waals surface area (Å²) in [5, 5.41) is 9.72. The molecule has 1 amide bonds. The van der Waals surface area contributed by atoms with E-state index in [9.17, 15) is 4.79 Å². The highest BCUT2D eigenvalue weighted by Crippen LogP contribution is 2.22. The molecule has 0 aliphatic carbocycles. The van der Waals surface area contributed by atoms with Gasteiger partial charge in [-0.1, -0.05) is 6.92 Å². The van der Waals surface area contributed by atoms with Crippen LogP contribution >= 0.6 is 23.7 Å². The van der Waals surface area contributed by atoms with Gasteiger partial charge in [0.15, 0.2) is 0 Å². The van der Waals surface area contributed by atoms with Gasteiger partial charge in [-0.3, -0.25) is 4.79 Å². The third kappa shape index (κ3) is 3.14. The fourth-order valence-corrected chi connectivity index (χ4v) is 3.36. The molecule has 0 saturated carbocycles. The second kappa shape index (κ2) is 6.57. The molecule has 1 fully saturated rings. The number of fused-ring (bicyclic) bond motifs is 1. The number of carbonyl (C=O) groups is 1. The quantitative estimate of drug-likeness (QED) is 0.895. The standard InChI is InChI=1S/C15H18N2OS.ClH/c1-10-9-16-6-4-13(10)17-15(18)12-2-3-14-11(8-12)5-7-19-14;/h2-3,5,7-8,10,13,16H,4,6,9H2,1H3,(H,17,18);1H. The molecule has 3 rings (SSSR count). The number of carbonyl (C=O) groups excluding carboxylic acids is 1. The smallest absolute Gasteiger partial charge is 0.251 e. The van der Waals surface area contributed by atoms with Crippen molar-refractivity contribution in [2.24, 2.45) is 5.92 Å². The Hall–Kier alpha value is -1.10. The molecule has 0 spiro atoms. The summed E-state index contributed by atoms with van der Waals surface area (Å²) in [7, 11) is 0. The number of nitrogens with one attached hydrogen (secondary N) is 2. The van der Waals surface area contributed by atoms with Crippen molar-refractivity contribution < 1.29 is 4.79 Å². The van der Waals surface area contributed by atoms with Gasteiger partial charge in [-0.15, -0.1) is 23.7 Å². The zero-order chi connectivity index (χ0) is 13.2. The van der Waals surface area contributed by atoms with E-state index >= 15 is 0 Å². The van der Waals surface area contributed by atoms with Crippen LogP contribution in [0, 0.1) is 5.92 Å². The summed E-state index contributed by atoms with van der Waals surface area (Å²) in [4.78, 5) is 12.3. The van der Waals surface area contributed by atoms with E-state index < -0.39 is 0 Å². The minimum absolute atomic E-state index is 0. The molecule has 2 N–H and O–H groups in total. The molecular weight excluding hydrogens is 292 g/mol. The third-order valence-corrected chi connectivity index (χ3v) is 4.71. The lowest BCUT2D eigenvalue weighted by Crippen LogP contribution is -2.48. The van der Waals surface area contributed by atoms with Crippen LogP contribution in [0.25, 0.3) is 10.1 Å². The first kappa shape index (κ1) is 15.3. The lowest BCUT2D eigenvalue weighted by molar-refractivity contribution is 0.0914. The maximum absolute atomic E-state index is 12.3. The number of benzene rings is 1. The van der Waals surface area contributed by atoms with Crippen molar-refractivity contribution in [1.29, 1.82) is 0 Å². The van der Waals surface area contributed by atoms with E-state index in [0.29, 0.717) is 5.92 Å². The Bertz CT molecular complexity index is 598. The Kier molecular flexibility index (Phi) is 5.02. The maximum Gasteiger partial charge on any atom is 0.251 e. The number of hydrogen-bond donors (Lipinski definition) is 2. The molecule has 2 atom stereocenters. The highest BCUT2D eigenvalue weighted by molar-refractivity contribution is 7.17. The largest absolute Gasteiger partial charge is 0.349 e. The van der Waals surface area contributed by atoms with Crippen LogP contribution in [0.4, 0.5) is 0 Å². The van der Waals surface area contributed by atoms with Gasteiger partial charge in [-0.2, -0.15) is 0 Å². The summed E-state index contributed by atoms with van der Waals surface area (Å²) in [5.41, 5.74) is 0.761. The molecule has 0 bridgehead atoms. The van der Waals surface area contributed by atoms with Gasteiger partial charge >= 0.3 is 0 Å². The van der Waals surface area contributed by atoms with Crippen molar-refractivity contribution >= 4 is 39.7 Å². The number of halogens is 1. The van der Waals surface area contributed by atoms with Crippen LogP contribution in [-0.2, 0) is 0 Å². The molecule has 1 aromatic carbocycles. The predicted molar refractivity (Wildman–Crippen MR) is 87.0 cm³/mol. The maximum atomic E-state index is 12.3. The van der Waals surface area contributed by atoms with E-state index in [4.69, 9.17) is 0 Å². The molecule has 0 radical (unpaired) electrons. The Labute approximate surface area is 129 Å². The average Bonchev–Trinajstić information content (AvgIpc) is 2.88. The summed E-state index contributed by atoms with van der Waals surface area (Å²) < 4.78 is 1.23. The summed E-state index contributed by atoms with van der Waals surface area (Å²) in [6, 6.07) is 8.27. The highest BCUT2D eigenvalue weighted by Gasteiger charge is 2.23. The third-order valence-electron chi connectivity index (χ3n) is 3.82. The Balaban J connectivity index is 0.00000147. The van der Waals surface area contributed by atoms with E-state index in [2.05, 4.69) is 29.0 Å². The van der Waals surface area contributed by atoms with Gasteiger partial charge in [0, 0.05) is 16.3 Å². The van der Waals surface area contributed by atoms with Crippen LogP contribution in [0.2, 0.25) is 0 Å². The van der Waals surface area contributed by atoms with Gasteiger partial charge in [0.1, 0.15) is 0 Å². The molecule has 108 valence electrons. The molecule has 5 heteroatoms. The van der Waals surface area contributed by atoms with Crippen LogP contribution in [0.3, 0.4) is 0 Å². The van der Waals surface area contributed by atoms with Crippen molar-refractivity contribution in [2.45, 2.75) is 19.4 Å². The monoisotopic (exact) mass is 310 g/mol. The van der Waals surface area contributed by atoms with Crippen LogP contribution in [0.15, 0.2) is 29.6 Å². The topological polar surface area (TPSA) is 41.1 Å². The van der Waals surface area contributed by atoms with Crippen molar-refractivity contribution in [1.82, 2.24) is 10.6 Å². The van der Waals surface area contributed by atoms with Gasteiger partial charge in [0.2, 0.25) is 0 Å². The van der Waals surface area contributed by atoms with Gasteiger partial charge in [0.05, 0.1) is 0 Å². The molecule has 1 aliphatic rings. The molecule has 2 unspecified atom stereocenters. The second-order valence-electron chi connectivity index (χ2n) is 5.22. The Morgan fingerprint density at radius 3 is 3.05 bits per heavy atom. The molecule has 1 aromatic heterocycles. The summed E-state index contributed by atoms with van der Waals surface area (Å²) in [5.74, 6) is 0.537. The minimum atomic E-state index is 0. The normalized spacial score (nSPS) is 22.2. The van der Waals surface area contributed by atoms with Crippen LogP contribution in [0.5, 0.6) is 0 Å². The number of piperidine rings is 1. The lowest BCUT2D eigenvalue weighted by atomic mass is 9.95. The summed E-state index contributed by atoms with van der Waals surface area (Å²) in [6.07, 6.45) is 1.01. The Morgan fingerprint density at radius 1 is 1.40 bits per heavy atom. The van der Waals surface area contributed by atoms with Crippen LogP contribution in [0.1, 0.15) is 23.7 Å². The highest BCUT2D eigenvalue weighted by atomic mass is 35.5. The van der Waals surface area contributed by atoms with E-state index in [1.54, 1.807) is 11.3 Å². The van der Waals surface area contributed by atoms with E-state index in [1.165, 1.54) is 4.70 Å². The fourth-order valence-electron chi connectivity index (χ4n) is 2.59. The van der Waals surface area contributed by atoms with Gasteiger partial charge in [-0.05, 0) is 60.5 Å². The number of hydrogen-bond acceptors (Lipinski definition) is 3.